The molecular formula is C20H21NO6S. The van der Waals surface area contributed by atoms with Crippen molar-refractivity contribution >= 4 is 15.7 Å². The highest BCUT2D eigenvalue weighted by Gasteiger charge is 2.27. The van der Waals surface area contributed by atoms with Crippen molar-refractivity contribution in [1.82, 2.24) is 0 Å². The lowest BCUT2D eigenvalue weighted by Crippen LogP contribution is -2.30. The van der Waals surface area contributed by atoms with Crippen molar-refractivity contribution in [3.63, 3.8) is 0 Å². The fraction of sp³-hybridized carbons (Fsp3) is 0.200. The summed E-state index contributed by atoms with van der Waals surface area (Å²) < 4.78 is 49.1. The van der Waals surface area contributed by atoms with E-state index in [2.05, 4.69) is 0 Å². The molecule has 0 spiro atoms. The summed E-state index contributed by atoms with van der Waals surface area (Å²) in [7, 11) is 0.662. The van der Waals surface area contributed by atoms with Gasteiger partial charge < -0.3 is 18.6 Å². The molecule has 0 aliphatic heterocycles. The smallest absolute Gasteiger partial charge is 0.264 e. The fourth-order valence-corrected chi connectivity index (χ4v) is 4.14. The van der Waals surface area contributed by atoms with Crippen molar-refractivity contribution in [3.8, 4) is 17.2 Å². The van der Waals surface area contributed by atoms with Crippen molar-refractivity contribution in [2.24, 2.45) is 0 Å². The normalized spacial score (nSPS) is 11.1. The van der Waals surface area contributed by atoms with Crippen LogP contribution in [0.25, 0.3) is 0 Å². The molecule has 0 saturated carbocycles. The molecule has 0 aliphatic rings. The molecular weight excluding hydrogens is 382 g/mol. The Morgan fingerprint density at radius 1 is 0.893 bits per heavy atom. The lowest BCUT2D eigenvalue weighted by atomic mass is 10.2. The first-order chi connectivity index (χ1) is 13.5. The van der Waals surface area contributed by atoms with Gasteiger partial charge in [0.1, 0.15) is 11.5 Å². The standard InChI is InChI=1S/C20H21NO6S/c1-24-16-7-9-18(10-8-16)28(22,23)21(14-17-5-4-12-27-17)15-6-11-19(25-2)20(13-15)26-3/h4-13H,14H2,1-3H3. The molecule has 1 heterocycles. The van der Waals surface area contributed by atoms with Crippen molar-refractivity contribution in [2.75, 3.05) is 25.6 Å². The first-order valence-electron chi connectivity index (χ1n) is 8.41. The average molecular weight is 403 g/mol. The first-order valence-corrected chi connectivity index (χ1v) is 9.85. The number of methoxy groups -OCH3 is 3. The molecule has 148 valence electrons. The SMILES string of the molecule is COc1ccc(S(=O)(=O)N(Cc2ccco2)c2ccc(OC)c(OC)c2)cc1. The molecule has 0 aliphatic carbocycles. The monoisotopic (exact) mass is 403 g/mol. The molecule has 0 unspecified atom stereocenters. The Bertz CT molecular complexity index is 1010. The zero-order valence-corrected chi connectivity index (χ0v) is 16.6. The van der Waals surface area contributed by atoms with Gasteiger partial charge in [-0.15, -0.1) is 0 Å². The van der Waals surface area contributed by atoms with E-state index in [0.29, 0.717) is 28.7 Å². The van der Waals surface area contributed by atoms with Crippen LogP contribution in [0.2, 0.25) is 0 Å². The molecule has 3 aromatic rings. The Hall–Kier alpha value is -3.13. The summed E-state index contributed by atoms with van der Waals surface area (Å²) in [5.74, 6) is 2.01. The van der Waals surface area contributed by atoms with Crippen LogP contribution in [0.4, 0.5) is 5.69 Å². The first kappa shape index (κ1) is 19.6. The van der Waals surface area contributed by atoms with E-state index in [4.69, 9.17) is 18.6 Å². The van der Waals surface area contributed by atoms with Crippen LogP contribution in [0.5, 0.6) is 17.2 Å². The van der Waals surface area contributed by atoms with E-state index < -0.39 is 10.0 Å². The zero-order chi connectivity index (χ0) is 20.1. The molecule has 0 radical (unpaired) electrons. The molecule has 0 fully saturated rings. The Morgan fingerprint density at radius 3 is 2.18 bits per heavy atom. The van der Waals surface area contributed by atoms with Gasteiger partial charge in [0.15, 0.2) is 11.5 Å². The van der Waals surface area contributed by atoms with Crippen molar-refractivity contribution in [1.29, 1.82) is 0 Å². The van der Waals surface area contributed by atoms with Crippen LogP contribution >= 0.6 is 0 Å². The highest BCUT2D eigenvalue weighted by atomic mass is 32.2. The number of hydrogen-bond donors (Lipinski definition) is 0. The minimum absolute atomic E-state index is 0.0246. The summed E-state index contributed by atoms with van der Waals surface area (Å²) in [6, 6.07) is 14.6. The van der Waals surface area contributed by atoms with Gasteiger partial charge in [-0.05, 0) is 48.5 Å². The average Bonchev–Trinajstić information content (AvgIpc) is 3.24. The van der Waals surface area contributed by atoms with Gasteiger partial charge in [0.25, 0.3) is 10.0 Å². The number of hydrogen-bond acceptors (Lipinski definition) is 6. The molecule has 28 heavy (non-hydrogen) atoms. The number of anilines is 1. The van der Waals surface area contributed by atoms with Gasteiger partial charge in [0, 0.05) is 6.07 Å². The summed E-state index contributed by atoms with van der Waals surface area (Å²) in [5, 5.41) is 0. The van der Waals surface area contributed by atoms with Gasteiger partial charge in [-0.25, -0.2) is 8.42 Å². The maximum Gasteiger partial charge on any atom is 0.264 e. The highest BCUT2D eigenvalue weighted by molar-refractivity contribution is 7.92. The highest BCUT2D eigenvalue weighted by Crippen LogP contribution is 2.35. The van der Waals surface area contributed by atoms with Crippen LogP contribution in [0.15, 0.2) is 70.2 Å². The number of ether oxygens (including phenoxy) is 3. The maximum atomic E-state index is 13.4. The van der Waals surface area contributed by atoms with E-state index in [-0.39, 0.29) is 11.4 Å². The molecule has 0 saturated heterocycles. The third-order valence-electron chi connectivity index (χ3n) is 4.18. The second kappa shape index (κ2) is 8.26. The molecule has 2 aromatic carbocycles. The van der Waals surface area contributed by atoms with E-state index in [9.17, 15) is 8.42 Å². The lowest BCUT2D eigenvalue weighted by Gasteiger charge is -2.24. The summed E-state index contributed by atoms with van der Waals surface area (Å²) in [5.41, 5.74) is 0.421. The number of sulfonamides is 1. The van der Waals surface area contributed by atoms with E-state index in [0.717, 1.165) is 0 Å². The Labute approximate surface area is 164 Å². The van der Waals surface area contributed by atoms with E-state index in [1.54, 1.807) is 42.5 Å². The molecule has 7 nitrogen and oxygen atoms in total. The minimum Gasteiger partial charge on any atom is -0.497 e. The van der Waals surface area contributed by atoms with Crippen LogP contribution in [0, 0.1) is 0 Å². The van der Waals surface area contributed by atoms with E-state index in [1.165, 1.54) is 44.0 Å². The number of rotatable bonds is 8. The molecule has 0 N–H and O–H groups in total. The number of nitrogens with zero attached hydrogens (tertiary/aromatic N) is 1. The predicted octanol–water partition coefficient (Wildman–Crippen LogP) is 3.70. The van der Waals surface area contributed by atoms with Crippen LogP contribution in [-0.2, 0) is 16.6 Å². The number of benzene rings is 2. The van der Waals surface area contributed by atoms with Gasteiger partial charge in [-0.1, -0.05) is 0 Å². The summed E-state index contributed by atoms with van der Waals surface area (Å²) in [6.07, 6.45) is 1.50. The van der Waals surface area contributed by atoms with Crippen LogP contribution in [0.3, 0.4) is 0 Å². The predicted molar refractivity (Wildman–Crippen MR) is 105 cm³/mol. The molecule has 3 rings (SSSR count). The van der Waals surface area contributed by atoms with Gasteiger partial charge in [0.05, 0.1) is 44.7 Å². The second-order valence-corrected chi connectivity index (χ2v) is 7.67. The van der Waals surface area contributed by atoms with E-state index in [1.807, 2.05) is 0 Å². The minimum atomic E-state index is -3.88. The molecule has 1 aromatic heterocycles. The second-order valence-electron chi connectivity index (χ2n) is 5.81. The van der Waals surface area contributed by atoms with Gasteiger partial charge in [-0.3, -0.25) is 4.31 Å². The Kier molecular flexibility index (Phi) is 5.79. The van der Waals surface area contributed by atoms with Crippen LogP contribution in [-0.4, -0.2) is 29.7 Å². The van der Waals surface area contributed by atoms with Gasteiger partial charge in [-0.2, -0.15) is 0 Å². The number of furan rings is 1. The van der Waals surface area contributed by atoms with Crippen LogP contribution in [0.1, 0.15) is 5.76 Å². The lowest BCUT2D eigenvalue weighted by molar-refractivity contribution is 0.355. The molecule has 8 heteroatoms. The van der Waals surface area contributed by atoms with Crippen molar-refractivity contribution in [3.05, 3.63) is 66.6 Å². The largest absolute Gasteiger partial charge is 0.497 e. The summed E-state index contributed by atoms with van der Waals surface area (Å²) in [6.45, 7) is 0.0246. The molecule has 0 bridgehead atoms. The molecule has 0 amide bonds. The van der Waals surface area contributed by atoms with E-state index >= 15 is 0 Å². The van der Waals surface area contributed by atoms with Gasteiger partial charge in [0.2, 0.25) is 0 Å². The quantitative estimate of drug-likeness (QED) is 0.571. The zero-order valence-electron chi connectivity index (χ0n) is 15.8. The van der Waals surface area contributed by atoms with Crippen molar-refractivity contribution < 1.29 is 27.0 Å². The topological polar surface area (TPSA) is 78.2 Å². The Balaban J connectivity index is 2.08. The third kappa shape index (κ3) is 3.91. The van der Waals surface area contributed by atoms with Gasteiger partial charge >= 0.3 is 0 Å². The Morgan fingerprint density at radius 2 is 1.61 bits per heavy atom. The maximum absolute atomic E-state index is 13.4. The van der Waals surface area contributed by atoms with Crippen molar-refractivity contribution in [2.45, 2.75) is 11.4 Å². The fourth-order valence-electron chi connectivity index (χ4n) is 2.71. The summed E-state index contributed by atoms with van der Waals surface area (Å²) in [4.78, 5) is 0.134. The molecule has 0 atom stereocenters. The third-order valence-corrected chi connectivity index (χ3v) is 5.97. The van der Waals surface area contributed by atoms with Crippen LogP contribution < -0.4 is 18.5 Å². The summed E-state index contributed by atoms with van der Waals surface area (Å²) >= 11 is 0.